The van der Waals surface area contributed by atoms with Gasteiger partial charge in [-0.2, -0.15) is 0 Å². The lowest BCUT2D eigenvalue weighted by molar-refractivity contribution is 0.0633. The summed E-state index contributed by atoms with van der Waals surface area (Å²) < 4.78 is 1.71. The number of hydrogen-bond donors (Lipinski definition) is 0. The highest BCUT2D eigenvalue weighted by Gasteiger charge is 2.30. The monoisotopic (exact) mass is 394 g/mol. The largest absolute Gasteiger partial charge is 0.336 e. The van der Waals surface area contributed by atoms with Crippen molar-refractivity contribution in [1.82, 2.24) is 19.9 Å². The van der Waals surface area contributed by atoms with E-state index in [-0.39, 0.29) is 17.6 Å². The van der Waals surface area contributed by atoms with Crippen LogP contribution < -0.4 is 0 Å². The molecule has 0 spiro atoms. The molecule has 1 saturated heterocycles. The highest BCUT2D eigenvalue weighted by atomic mass is 32.1. The number of likely N-dealkylation sites (tertiary alicyclic amines) is 1. The Balaban J connectivity index is 1.37. The van der Waals surface area contributed by atoms with Crippen LogP contribution in [-0.4, -0.2) is 44.7 Å². The number of benzene rings is 1. The Morgan fingerprint density at radius 2 is 2.00 bits per heavy atom. The summed E-state index contributed by atoms with van der Waals surface area (Å²) in [5.74, 6) is -0.141. The number of thiophene rings is 1. The quantitative estimate of drug-likeness (QED) is 0.602. The van der Waals surface area contributed by atoms with E-state index in [0.717, 1.165) is 24.1 Å². The van der Waals surface area contributed by atoms with Gasteiger partial charge in [-0.3, -0.25) is 14.3 Å². The second kappa shape index (κ2) is 8.48. The zero-order chi connectivity index (χ0) is 19.3. The zero-order valence-corrected chi connectivity index (χ0v) is 16.3. The maximum Gasteiger partial charge on any atom is 0.276 e. The second-order valence-electron chi connectivity index (χ2n) is 7.03. The molecular weight excluding hydrogens is 372 g/mol. The van der Waals surface area contributed by atoms with Gasteiger partial charge < -0.3 is 4.90 Å². The van der Waals surface area contributed by atoms with Gasteiger partial charge in [0.15, 0.2) is 11.5 Å². The molecule has 0 bridgehead atoms. The third-order valence-electron chi connectivity index (χ3n) is 5.07. The van der Waals surface area contributed by atoms with Crippen molar-refractivity contribution in [2.24, 2.45) is 5.92 Å². The first-order valence-corrected chi connectivity index (χ1v) is 10.4. The average Bonchev–Trinajstić information content (AvgIpc) is 3.44. The molecule has 1 aliphatic heterocycles. The van der Waals surface area contributed by atoms with Crippen LogP contribution >= 0.6 is 11.3 Å². The van der Waals surface area contributed by atoms with Crippen molar-refractivity contribution in [3.8, 4) is 0 Å². The fourth-order valence-corrected chi connectivity index (χ4v) is 4.30. The van der Waals surface area contributed by atoms with Crippen molar-refractivity contribution in [1.29, 1.82) is 0 Å². The minimum Gasteiger partial charge on any atom is -0.336 e. The predicted molar refractivity (Wildman–Crippen MR) is 107 cm³/mol. The maximum atomic E-state index is 12.8. The molecule has 3 aromatic rings. The molecule has 0 N–H and O–H groups in total. The number of nitrogens with zero attached hydrogens (tertiary/aromatic N) is 4. The van der Waals surface area contributed by atoms with Gasteiger partial charge in [0, 0.05) is 25.6 Å². The van der Waals surface area contributed by atoms with Crippen molar-refractivity contribution in [3.63, 3.8) is 0 Å². The molecule has 1 aromatic carbocycles. The van der Waals surface area contributed by atoms with Crippen LogP contribution in [0, 0.1) is 5.92 Å². The summed E-state index contributed by atoms with van der Waals surface area (Å²) >= 11 is 1.46. The Labute approximate surface area is 167 Å². The van der Waals surface area contributed by atoms with E-state index in [1.165, 1.54) is 16.9 Å². The number of aryl methyl sites for hydroxylation is 2. The molecule has 28 heavy (non-hydrogen) atoms. The highest BCUT2D eigenvalue weighted by molar-refractivity contribution is 7.12. The molecule has 144 valence electrons. The third-order valence-corrected chi connectivity index (χ3v) is 5.96. The van der Waals surface area contributed by atoms with Crippen LogP contribution in [0.5, 0.6) is 0 Å². The van der Waals surface area contributed by atoms with E-state index in [1.54, 1.807) is 15.8 Å². The van der Waals surface area contributed by atoms with E-state index in [1.807, 2.05) is 35.7 Å². The van der Waals surface area contributed by atoms with E-state index in [0.29, 0.717) is 25.3 Å². The van der Waals surface area contributed by atoms with E-state index >= 15 is 0 Å². The van der Waals surface area contributed by atoms with Crippen LogP contribution in [0.1, 0.15) is 38.6 Å². The molecule has 3 heterocycles. The summed E-state index contributed by atoms with van der Waals surface area (Å²) in [4.78, 5) is 28.0. The minimum atomic E-state index is -0.144. The molecule has 2 aromatic heterocycles. The number of piperidine rings is 1. The number of amides is 1. The minimum absolute atomic E-state index is 0.135. The fraction of sp³-hybridized carbons (Fsp3) is 0.333. The number of Topliss-reactive ketones (excluding diaryl/α,β-unsaturated/α-hetero) is 1. The van der Waals surface area contributed by atoms with E-state index in [4.69, 9.17) is 0 Å². The van der Waals surface area contributed by atoms with Gasteiger partial charge in [0.25, 0.3) is 5.91 Å². The van der Waals surface area contributed by atoms with Crippen molar-refractivity contribution in [2.45, 2.75) is 25.8 Å². The van der Waals surface area contributed by atoms with Crippen LogP contribution in [0.4, 0.5) is 0 Å². The molecule has 1 amide bonds. The maximum absolute atomic E-state index is 12.8. The highest BCUT2D eigenvalue weighted by Crippen LogP contribution is 2.24. The molecule has 6 nitrogen and oxygen atoms in total. The Morgan fingerprint density at radius 3 is 2.79 bits per heavy atom. The molecule has 0 radical (unpaired) electrons. The van der Waals surface area contributed by atoms with Crippen molar-refractivity contribution >= 4 is 23.0 Å². The number of carbonyl (C=O) groups is 2. The van der Waals surface area contributed by atoms with Crippen LogP contribution in [0.3, 0.4) is 0 Å². The molecule has 0 unspecified atom stereocenters. The van der Waals surface area contributed by atoms with Crippen LogP contribution in [0.25, 0.3) is 0 Å². The standard InChI is InChI=1S/C21H22N4O2S/c26-20(19-9-5-13-28-19)17-8-4-11-24(14-17)21(27)18-15-25(23-22-18)12-10-16-6-2-1-3-7-16/h1-3,5-7,9,13,15,17H,4,8,10-12,14H2/t17-/m0/s1. The lowest BCUT2D eigenvalue weighted by Crippen LogP contribution is -2.42. The number of aromatic nitrogens is 3. The lowest BCUT2D eigenvalue weighted by atomic mass is 9.93. The SMILES string of the molecule is O=C(c1cccs1)[C@H]1CCCN(C(=O)c2cn(CCc3ccccc3)nn2)C1. The van der Waals surface area contributed by atoms with E-state index in [9.17, 15) is 9.59 Å². The van der Waals surface area contributed by atoms with Gasteiger partial charge >= 0.3 is 0 Å². The van der Waals surface area contributed by atoms with Gasteiger partial charge in [-0.05, 0) is 36.3 Å². The first kappa shape index (κ1) is 18.6. The first-order valence-electron chi connectivity index (χ1n) is 9.52. The molecular formula is C21H22N4O2S. The average molecular weight is 395 g/mol. The fourth-order valence-electron chi connectivity index (χ4n) is 3.55. The van der Waals surface area contributed by atoms with Gasteiger partial charge in [0.2, 0.25) is 0 Å². The van der Waals surface area contributed by atoms with Gasteiger partial charge in [-0.1, -0.05) is 41.6 Å². The Kier molecular flexibility index (Phi) is 5.62. The van der Waals surface area contributed by atoms with Gasteiger partial charge in [-0.25, -0.2) is 0 Å². The number of carbonyl (C=O) groups excluding carboxylic acids is 2. The molecule has 1 aliphatic rings. The Hall–Kier alpha value is -2.80. The van der Waals surface area contributed by atoms with E-state index in [2.05, 4.69) is 22.4 Å². The summed E-state index contributed by atoms with van der Waals surface area (Å²) in [5, 5.41) is 10.1. The predicted octanol–water partition coefficient (Wildman–Crippen LogP) is 3.32. The summed E-state index contributed by atoms with van der Waals surface area (Å²) in [6.45, 7) is 1.78. The van der Waals surface area contributed by atoms with Crippen LogP contribution in [0.2, 0.25) is 0 Å². The van der Waals surface area contributed by atoms with Crippen LogP contribution in [0.15, 0.2) is 54.0 Å². The third kappa shape index (κ3) is 4.20. The Bertz CT molecular complexity index is 936. The Morgan fingerprint density at radius 1 is 1.14 bits per heavy atom. The van der Waals surface area contributed by atoms with Gasteiger partial charge in [0.1, 0.15) is 0 Å². The molecule has 0 saturated carbocycles. The number of hydrogen-bond acceptors (Lipinski definition) is 5. The lowest BCUT2D eigenvalue weighted by Gasteiger charge is -2.31. The summed E-state index contributed by atoms with van der Waals surface area (Å²) in [6, 6.07) is 13.9. The molecule has 0 aliphatic carbocycles. The van der Waals surface area contributed by atoms with Crippen molar-refractivity contribution in [2.75, 3.05) is 13.1 Å². The van der Waals surface area contributed by atoms with Crippen molar-refractivity contribution < 1.29 is 9.59 Å². The van der Waals surface area contributed by atoms with E-state index < -0.39 is 0 Å². The molecule has 4 rings (SSSR count). The molecule has 7 heteroatoms. The second-order valence-corrected chi connectivity index (χ2v) is 7.98. The normalized spacial score (nSPS) is 16.9. The molecule has 1 fully saturated rings. The zero-order valence-electron chi connectivity index (χ0n) is 15.5. The smallest absolute Gasteiger partial charge is 0.276 e. The van der Waals surface area contributed by atoms with Gasteiger partial charge in [0.05, 0.1) is 11.1 Å². The number of ketones is 1. The van der Waals surface area contributed by atoms with Gasteiger partial charge in [-0.15, -0.1) is 16.4 Å². The summed E-state index contributed by atoms with van der Waals surface area (Å²) in [7, 11) is 0. The summed E-state index contributed by atoms with van der Waals surface area (Å²) in [5.41, 5.74) is 1.56. The van der Waals surface area contributed by atoms with Crippen LogP contribution in [-0.2, 0) is 13.0 Å². The topological polar surface area (TPSA) is 68.1 Å². The van der Waals surface area contributed by atoms with Crippen molar-refractivity contribution in [3.05, 3.63) is 70.2 Å². The molecule has 1 atom stereocenters. The first-order chi connectivity index (χ1) is 13.7. The number of rotatable bonds is 6. The summed E-state index contributed by atoms with van der Waals surface area (Å²) in [6.07, 6.45) is 4.19.